The molecule has 0 aromatic heterocycles. The van der Waals surface area contributed by atoms with Crippen LogP contribution in [0.15, 0.2) is 42.5 Å². The molecule has 0 spiro atoms. The molecular formula is C19H18F2N2O2. The van der Waals surface area contributed by atoms with Gasteiger partial charge >= 0.3 is 0 Å². The lowest BCUT2D eigenvalue weighted by Gasteiger charge is -2.08. The van der Waals surface area contributed by atoms with Gasteiger partial charge in [0.05, 0.1) is 0 Å². The molecule has 1 aliphatic carbocycles. The molecular weight excluding hydrogens is 326 g/mol. The first-order chi connectivity index (χ1) is 12.0. The van der Waals surface area contributed by atoms with Crippen molar-refractivity contribution in [2.75, 3.05) is 5.32 Å². The second kappa shape index (κ2) is 7.01. The zero-order valence-corrected chi connectivity index (χ0v) is 13.7. The third-order valence-electron chi connectivity index (χ3n) is 4.21. The summed E-state index contributed by atoms with van der Waals surface area (Å²) >= 11 is 0. The summed E-state index contributed by atoms with van der Waals surface area (Å²) < 4.78 is 27.5. The Morgan fingerprint density at radius 2 is 1.80 bits per heavy atom. The predicted octanol–water partition coefficient (Wildman–Crippen LogP) is 3.34. The van der Waals surface area contributed by atoms with E-state index in [1.165, 1.54) is 25.1 Å². The molecule has 0 heterocycles. The smallest absolute Gasteiger partial charge is 0.224 e. The second-order valence-electron chi connectivity index (χ2n) is 6.18. The van der Waals surface area contributed by atoms with Crippen molar-refractivity contribution in [2.45, 2.75) is 25.8 Å². The number of halogens is 2. The van der Waals surface area contributed by atoms with E-state index in [2.05, 4.69) is 10.6 Å². The van der Waals surface area contributed by atoms with Crippen LogP contribution >= 0.6 is 0 Å². The van der Waals surface area contributed by atoms with Gasteiger partial charge in [0.15, 0.2) is 0 Å². The van der Waals surface area contributed by atoms with E-state index in [9.17, 15) is 18.4 Å². The largest absolute Gasteiger partial charge is 0.352 e. The number of rotatable bonds is 5. The van der Waals surface area contributed by atoms with Crippen molar-refractivity contribution < 1.29 is 18.4 Å². The van der Waals surface area contributed by atoms with Crippen LogP contribution in [-0.4, -0.2) is 11.8 Å². The van der Waals surface area contributed by atoms with Crippen LogP contribution in [0.5, 0.6) is 0 Å². The number of anilines is 1. The van der Waals surface area contributed by atoms with Gasteiger partial charge in [-0.25, -0.2) is 8.78 Å². The van der Waals surface area contributed by atoms with Gasteiger partial charge in [-0.15, -0.1) is 0 Å². The van der Waals surface area contributed by atoms with Crippen LogP contribution in [0.3, 0.4) is 0 Å². The molecule has 0 saturated heterocycles. The number of nitrogens with one attached hydrogen (secondary N) is 2. The monoisotopic (exact) mass is 344 g/mol. The molecule has 2 aromatic carbocycles. The highest BCUT2D eigenvalue weighted by Gasteiger charge is 2.46. The Kier molecular flexibility index (Phi) is 4.79. The van der Waals surface area contributed by atoms with Crippen LogP contribution < -0.4 is 10.6 Å². The number of hydrogen-bond acceptors (Lipinski definition) is 2. The highest BCUT2D eigenvalue weighted by Crippen LogP contribution is 2.49. The first kappa shape index (κ1) is 17.1. The minimum Gasteiger partial charge on any atom is -0.352 e. The van der Waals surface area contributed by atoms with Crippen LogP contribution in [-0.2, 0) is 16.1 Å². The van der Waals surface area contributed by atoms with Gasteiger partial charge in [0.1, 0.15) is 11.6 Å². The summed E-state index contributed by atoms with van der Waals surface area (Å²) in [6.07, 6.45) is 0.440. The molecule has 0 bridgehead atoms. The summed E-state index contributed by atoms with van der Waals surface area (Å²) in [6.45, 7) is 1.71. The normalized spacial score (nSPS) is 18.5. The van der Waals surface area contributed by atoms with E-state index in [1.54, 1.807) is 18.2 Å². The van der Waals surface area contributed by atoms with Gasteiger partial charge in [0, 0.05) is 36.6 Å². The fourth-order valence-electron chi connectivity index (χ4n) is 2.95. The van der Waals surface area contributed by atoms with Crippen LogP contribution in [0.4, 0.5) is 14.5 Å². The van der Waals surface area contributed by atoms with Gasteiger partial charge in [0.2, 0.25) is 11.8 Å². The van der Waals surface area contributed by atoms with Crippen molar-refractivity contribution in [3.05, 3.63) is 65.2 Å². The topological polar surface area (TPSA) is 58.2 Å². The third kappa shape index (κ3) is 4.02. The van der Waals surface area contributed by atoms with Gasteiger partial charge in [-0.3, -0.25) is 9.59 Å². The summed E-state index contributed by atoms with van der Waals surface area (Å²) in [7, 11) is 0. The molecule has 6 heteroatoms. The lowest BCUT2D eigenvalue weighted by Crippen LogP contribution is -2.25. The maximum absolute atomic E-state index is 13.8. The van der Waals surface area contributed by atoms with Crippen LogP contribution in [0.2, 0.25) is 0 Å². The lowest BCUT2D eigenvalue weighted by atomic mass is 10.1. The van der Waals surface area contributed by atoms with Crippen molar-refractivity contribution >= 4 is 17.5 Å². The molecule has 4 nitrogen and oxygen atoms in total. The molecule has 2 N–H and O–H groups in total. The van der Waals surface area contributed by atoms with E-state index in [0.717, 1.165) is 5.56 Å². The molecule has 1 aliphatic rings. The maximum Gasteiger partial charge on any atom is 0.224 e. The molecule has 25 heavy (non-hydrogen) atoms. The zero-order valence-electron chi connectivity index (χ0n) is 13.7. The summed E-state index contributed by atoms with van der Waals surface area (Å²) in [6, 6.07) is 10.9. The Morgan fingerprint density at radius 1 is 1.12 bits per heavy atom. The first-order valence-corrected chi connectivity index (χ1v) is 8.04. The number of hydrogen-bond donors (Lipinski definition) is 2. The predicted molar refractivity (Wildman–Crippen MR) is 89.8 cm³/mol. The molecule has 0 unspecified atom stereocenters. The number of amides is 2. The van der Waals surface area contributed by atoms with Gasteiger partial charge < -0.3 is 10.6 Å². The Hall–Kier alpha value is -2.76. The van der Waals surface area contributed by atoms with Crippen molar-refractivity contribution in [3.8, 4) is 0 Å². The second-order valence-corrected chi connectivity index (χ2v) is 6.18. The Labute approximate surface area is 144 Å². The molecule has 1 saturated carbocycles. The minimum atomic E-state index is -0.608. The van der Waals surface area contributed by atoms with Crippen molar-refractivity contribution in [3.63, 3.8) is 0 Å². The van der Waals surface area contributed by atoms with Gasteiger partial charge in [-0.05, 0) is 36.2 Å². The SMILES string of the molecule is CC(=O)Nc1cccc(CNC(=O)[C@H]2C[C@H]2c2c(F)cccc2F)c1. The average Bonchev–Trinajstić information content (AvgIpc) is 3.32. The number of carbonyl (C=O) groups excluding carboxylic acids is 2. The van der Waals surface area contributed by atoms with E-state index in [1.807, 2.05) is 6.07 Å². The van der Waals surface area contributed by atoms with E-state index < -0.39 is 23.5 Å². The molecule has 130 valence electrons. The highest BCUT2D eigenvalue weighted by molar-refractivity contribution is 5.88. The minimum absolute atomic E-state index is 0.00435. The third-order valence-corrected chi connectivity index (χ3v) is 4.21. The van der Waals surface area contributed by atoms with E-state index in [0.29, 0.717) is 12.1 Å². The average molecular weight is 344 g/mol. The summed E-state index contributed by atoms with van der Waals surface area (Å²) in [5.41, 5.74) is 1.47. The number of benzene rings is 2. The standard InChI is InChI=1S/C19H18F2N2O2/c1-11(24)23-13-5-2-4-12(8-13)10-22-19(25)15-9-14(15)18-16(20)6-3-7-17(18)21/h2-8,14-15H,9-10H2,1H3,(H,22,25)(H,23,24)/t14-,15+/m1/s1. The summed E-state index contributed by atoms with van der Waals surface area (Å²) in [5, 5.41) is 5.46. The van der Waals surface area contributed by atoms with Crippen molar-refractivity contribution in [1.82, 2.24) is 5.32 Å². The molecule has 0 aliphatic heterocycles. The maximum atomic E-state index is 13.8. The quantitative estimate of drug-likeness (QED) is 0.874. The van der Waals surface area contributed by atoms with Crippen molar-refractivity contribution in [1.29, 1.82) is 0 Å². The lowest BCUT2D eigenvalue weighted by molar-refractivity contribution is -0.122. The summed E-state index contributed by atoms with van der Waals surface area (Å²) in [5.74, 6) is -2.44. The fourth-order valence-corrected chi connectivity index (χ4v) is 2.95. The Balaban J connectivity index is 1.59. The molecule has 2 amide bonds. The highest BCUT2D eigenvalue weighted by atomic mass is 19.1. The first-order valence-electron chi connectivity index (χ1n) is 8.04. The van der Waals surface area contributed by atoms with Crippen LogP contribution in [0.25, 0.3) is 0 Å². The molecule has 2 aromatic rings. The van der Waals surface area contributed by atoms with E-state index in [4.69, 9.17) is 0 Å². The Morgan fingerprint density at radius 3 is 2.48 bits per heavy atom. The van der Waals surface area contributed by atoms with Gasteiger partial charge in [0.25, 0.3) is 0 Å². The zero-order chi connectivity index (χ0) is 18.0. The van der Waals surface area contributed by atoms with Gasteiger partial charge in [-0.2, -0.15) is 0 Å². The van der Waals surface area contributed by atoms with Crippen LogP contribution in [0.1, 0.15) is 30.4 Å². The Bertz CT molecular complexity index is 803. The number of carbonyl (C=O) groups is 2. The molecule has 3 rings (SSSR count). The molecule has 0 radical (unpaired) electrons. The fraction of sp³-hybridized carbons (Fsp3) is 0.263. The van der Waals surface area contributed by atoms with Gasteiger partial charge in [-0.1, -0.05) is 18.2 Å². The van der Waals surface area contributed by atoms with E-state index >= 15 is 0 Å². The molecule has 2 atom stereocenters. The molecule has 1 fully saturated rings. The summed E-state index contributed by atoms with van der Waals surface area (Å²) in [4.78, 5) is 23.3. The van der Waals surface area contributed by atoms with E-state index in [-0.39, 0.29) is 23.9 Å². The van der Waals surface area contributed by atoms with Crippen molar-refractivity contribution in [2.24, 2.45) is 5.92 Å². The van der Waals surface area contributed by atoms with Crippen LogP contribution in [0, 0.1) is 17.6 Å².